The maximum Gasteiger partial charge on any atom is 0.270 e. The van der Waals surface area contributed by atoms with E-state index in [1.165, 1.54) is 5.56 Å². The van der Waals surface area contributed by atoms with E-state index in [-0.39, 0.29) is 5.91 Å². The molecule has 27 heavy (non-hydrogen) atoms. The number of fused-ring (bicyclic) bond motifs is 2. The van der Waals surface area contributed by atoms with Crippen molar-refractivity contribution in [3.05, 3.63) is 59.3 Å². The number of amides is 1. The zero-order valence-corrected chi connectivity index (χ0v) is 15.7. The molecule has 0 radical (unpaired) electrons. The summed E-state index contributed by atoms with van der Waals surface area (Å²) in [6.45, 7) is 6.52. The van der Waals surface area contributed by atoms with Gasteiger partial charge in [0.15, 0.2) is 0 Å². The summed E-state index contributed by atoms with van der Waals surface area (Å²) in [5.74, 6) is 1.69. The van der Waals surface area contributed by atoms with Gasteiger partial charge in [-0.1, -0.05) is 6.07 Å². The number of carbonyl (C=O) groups excluding carboxylic acids is 1. The number of carbonyl (C=O) groups is 1. The number of H-pyrrole nitrogens is 1. The average molecular weight is 364 g/mol. The van der Waals surface area contributed by atoms with Crippen molar-refractivity contribution < 1.29 is 14.3 Å². The second-order valence-corrected chi connectivity index (χ2v) is 6.71. The van der Waals surface area contributed by atoms with Crippen LogP contribution in [0.3, 0.4) is 0 Å². The van der Waals surface area contributed by atoms with Crippen molar-refractivity contribution in [3.8, 4) is 11.5 Å². The number of hydrogen-bond donors (Lipinski definition) is 1. The Morgan fingerprint density at radius 2 is 1.74 bits per heavy atom. The average Bonchev–Trinajstić information content (AvgIpc) is 3.11. The van der Waals surface area contributed by atoms with Crippen LogP contribution in [0, 0.1) is 0 Å². The molecular formula is C22H24N2O3. The van der Waals surface area contributed by atoms with Crippen LogP contribution in [0.2, 0.25) is 0 Å². The topological polar surface area (TPSA) is 54.6 Å². The van der Waals surface area contributed by atoms with Gasteiger partial charge in [-0.25, -0.2) is 0 Å². The summed E-state index contributed by atoms with van der Waals surface area (Å²) in [6, 6.07) is 13.9. The highest BCUT2D eigenvalue weighted by Gasteiger charge is 2.23. The van der Waals surface area contributed by atoms with Crippen LogP contribution in [0.15, 0.2) is 42.5 Å². The molecule has 140 valence electrons. The zero-order chi connectivity index (χ0) is 18.8. The summed E-state index contributed by atoms with van der Waals surface area (Å²) in [6.07, 6.45) is 0.863. The molecule has 0 saturated carbocycles. The molecule has 0 aliphatic carbocycles. The molecule has 3 aromatic rings. The number of benzene rings is 2. The number of rotatable bonds is 5. The Labute approximate surface area is 158 Å². The van der Waals surface area contributed by atoms with Gasteiger partial charge in [0.1, 0.15) is 17.2 Å². The Morgan fingerprint density at radius 3 is 2.52 bits per heavy atom. The minimum atomic E-state index is 0.0247. The predicted octanol–water partition coefficient (Wildman–Crippen LogP) is 4.16. The normalized spacial score (nSPS) is 13.5. The van der Waals surface area contributed by atoms with E-state index in [9.17, 15) is 4.79 Å². The molecule has 1 amide bonds. The van der Waals surface area contributed by atoms with Crippen molar-refractivity contribution in [2.45, 2.75) is 26.8 Å². The summed E-state index contributed by atoms with van der Waals surface area (Å²) in [5.41, 5.74) is 3.99. The lowest BCUT2D eigenvalue weighted by Crippen LogP contribution is -2.36. The molecule has 0 fully saturated rings. The number of ether oxygens (including phenoxy) is 2. The largest absolute Gasteiger partial charge is 0.494 e. The third kappa shape index (κ3) is 3.50. The molecule has 5 nitrogen and oxygen atoms in total. The first kappa shape index (κ1) is 17.5. The standard InChI is InChI=1S/C22H24N2O3/c1-3-26-18-7-5-15-9-10-24(14-17(15)11-18)22(25)21-12-16-6-8-19(27-4-2)13-20(16)23-21/h5-8,11-13,23H,3-4,9-10,14H2,1-2H3. The van der Waals surface area contributed by atoms with E-state index >= 15 is 0 Å². The van der Waals surface area contributed by atoms with E-state index in [4.69, 9.17) is 9.47 Å². The van der Waals surface area contributed by atoms with Crippen molar-refractivity contribution in [2.24, 2.45) is 0 Å². The summed E-state index contributed by atoms with van der Waals surface area (Å²) >= 11 is 0. The van der Waals surface area contributed by atoms with Gasteiger partial charge in [-0.05, 0) is 61.7 Å². The fourth-order valence-electron chi connectivity index (χ4n) is 3.61. The predicted molar refractivity (Wildman–Crippen MR) is 106 cm³/mol. The SMILES string of the molecule is CCOc1ccc2c(c1)CN(C(=O)c1cc3ccc(OCC)cc3[nH]1)CC2. The summed E-state index contributed by atoms with van der Waals surface area (Å²) in [4.78, 5) is 18.2. The quantitative estimate of drug-likeness (QED) is 0.739. The molecule has 2 aromatic carbocycles. The van der Waals surface area contributed by atoms with Crippen LogP contribution in [-0.2, 0) is 13.0 Å². The molecule has 4 rings (SSSR count). The van der Waals surface area contributed by atoms with Crippen LogP contribution in [0.5, 0.6) is 11.5 Å². The van der Waals surface area contributed by atoms with Gasteiger partial charge in [-0.15, -0.1) is 0 Å². The third-order valence-electron chi connectivity index (χ3n) is 4.92. The van der Waals surface area contributed by atoms with E-state index in [2.05, 4.69) is 17.1 Å². The van der Waals surface area contributed by atoms with Gasteiger partial charge in [0.2, 0.25) is 0 Å². The second kappa shape index (κ2) is 7.35. The Balaban J connectivity index is 1.56. The lowest BCUT2D eigenvalue weighted by atomic mass is 9.99. The summed E-state index contributed by atoms with van der Waals surface area (Å²) in [7, 11) is 0. The van der Waals surface area contributed by atoms with Gasteiger partial charge in [0.05, 0.1) is 13.2 Å². The van der Waals surface area contributed by atoms with Crippen LogP contribution in [0.1, 0.15) is 35.5 Å². The van der Waals surface area contributed by atoms with E-state index in [1.807, 2.05) is 49.1 Å². The Bertz CT molecular complexity index is 977. The van der Waals surface area contributed by atoms with Gasteiger partial charge in [-0.3, -0.25) is 4.79 Å². The zero-order valence-electron chi connectivity index (χ0n) is 15.7. The molecular weight excluding hydrogens is 340 g/mol. The first-order valence-electron chi connectivity index (χ1n) is 9.47. The van der Waals surface area contributed by atoms with Crippen LogP contribution in [-0.4, -0.2) is 35.5 Å². The highest BCUT2D eigenvalue weighted by atomic mass is 16.5. The fraction of sp³-hybridized carbons (Fsp3) is 0.318. The van der Waals surface area contributed by atoms with Crippen LogP contribution in [0.25, 0.3) is 10.9 Å². The number of aromatic nitrogens is 1. The Hall–Kier alpha value is -2.95. The minimum Gasteiger partial charge on any atom is -0.494 e. The molecule has 1 N–H and O–H groups in total. The van der Waals surface area contributed by atoms with E-state index in [0.717, 1.165) is 40.9 Å². The van der Waals surface area contributed by atoms with E-state index in [1.54, 1.807) is 0 Å². The maximum atomic E-state index is 13.0. The molecule has 0 unspecified atom stereocenters. The lowest BCUT2D eigenvalue weighted by molar-refractivity contribution is 0.0729. The van der Waals surface area contributed by atoms with Crippen molar-refractivity contribution in [2.75, 3.05) is 19.8 Å². The number of nitrogens with one attached hydrogen (secondary N) is 1. The van der Waals surface area contributed by atoms with Gasteiger partial charge in [0, 0.05) is 30.1 Å². The monoisotopic (exact) mass is 364 g/mol. The smallest absolute Gasteiger partial charge is 0.270 e. The third-order valence-corrected chi connectivity index (χ3v) is 4.92. The van der Waals surface area contributed by atoms with Gasteiger partial charge in [0.25, 0.3) is 5.91 Å². The molecule has 0 spiro atoms. The first-order chi connectivity index (χ1) is 13.2. The van der Waals surface area contributed by atoms with Crippen LogP contribution in [0.4, 0.5) is 0 Å². The number of aromatic amines is 1. The van der Waals surface area contributed by atoms with Crippen molar-refractivity contribution >= 4 is 16.8 Å². The molecule has 1 aromatic heterocycles. The molecule has 1 aliphatic heterocycles. The summed E-state index contributed by atoms with van der Waals surface area (Å²) < 4.78 is 11.1. The van der Waals surface area contributed by atoms with Gasteiger partial charge >= 0.3 is 0 Å². The number of hydrogen-bond acceptors (Lipinski definition) is 3. The maximum absolute atomic E-state index is 13.0. The molecule has 1 aliphatic rings. The van der Waals surface area contributed by atoms with Gasteiger partial charge in [-0.2, -0.15) is 0 Å². The molecule has 2 heterocycles. The van der Waals surface area contributed by atoms with Gasteiger partial charge < -0.3 is 19.4 Å². The van der Waals surface area contributed by atoms with E-state index < -0.39 is 0 Å². The number of nitrogens with zero attached hydrogens (tertiary/aromatic N) is 1. The minimum absolute atomic E-state index is 0.0247. The van der Waals surface area contributed by atoms with Crippen molar-refractivity contribution in [1.29, 1.82) is 0 Å². The lowest BCUT2D eigenvalue weighted by Gasteiger charge is -2.29. The second-order valence-electron chi connectivity index (χ2n) is 6.71. The highest BCUT2D eigenvalue weighted by Crippen LogP contribution is 2.26. The highest BCUT2D eigenvalue weighted by molar-refractivity contribution is 5.98. The molecule has 0 atom stereocenters. The van der Waals surface area contributed by atoms with E-state index in [0.29, 0.717) is 25.5 Å². The Morgan fingerprint density at radius 1 is 1.00 bits per heavy atom. The van der Waals surface area contributed by atoms with Crippen LogP contribution >= 0.6 is 0 Å². The van der Waals surface area contributed by atoms with Crippen molar-refractivity contribution in [3.63, 3.8) is 0 Å². The van der Waals surface area contributed by atoms with Crippen molar-refractivity contribution in [1.82, 2.24) is 9.88 Å². The molecule has 5 heteroatoms. The molecule has 0 saturated heterocycles. The summed E-state index contributed by atoms with van der Waals surface area (Å²) in [5, 5.41) is 1.01. The fourth-order valence-corrected chi connectivity index (χ4v) is 3.61. The Kier molecular flexibility index (Phi) is 4.75. The molecule has 0 bridgehead atoms. The first-order valence-corrected chi connectivity index (χ1v) is 9.47. The van der Waals surface area contributed by atoms with Crippen LogP contribution < -0.4 is 9.47 Å².